The average Bonchev–Trinajstić information content (AvgIpc) is 4.15. The van der Waals surface area contributed by atoms with Gasteiger partial charge in [0.15, 0.2) is 16.6 Å². The number of nitrogens with one attached hydrogen (secondary N) is 1. The van der Waals surface area contributed by atoms with Crippen LogP contribution >= 0.6 is 11.6 Å². The van der Waals surface area contributed by atoms with Gasteiger partial charge in [-0.3, -0.25) is 19.0 Å². The minimum Gasteiger partial charge on any atom is -0.415 e. The van der Waals surface area contributed by atoms with Crippen molar-refractivity contribution in [2.45, 2.75) is 183 Å². The molecule has 83 heavy (non-hydrogen) atoms. The van der Waals surface area contributed by atoms with Gasteiger partial charge in [-0.2, -0.15) is 10.2 Å². The molecular weight excluding hydrogens is 1100 g/mol. The second kappa shape index (κ2) is 29.3. The topological polar surface area (TPSA) is 203 Å². The van der Waals surface area contributed by atoms with Gasteiger partial charge in [0.2, 0.25) is 23.0 Å². The predicted molar refractivity (Wildman–Crippen MR) is 338 cm³/mol. The van der Waals surface area contributed by atoms with E-state index in [-0.39, 0.29) is 51.6 Å². The molecule has 2 aliphatic heterocycles. The number of nitrogens with zero attached hydrogens (tertiary/aromatic N) is 10. The molecular formula is C62H93ClN12O6Si2. The molecule has 0 spiro atoms. The van der Waals surface area contributed by atoms with E-state index >= 15 is 0 Å². The van der Waals surface area contributed by atoms with Crippen LogP contribution in [0.3, 0.4) is 0 Å². The van der Waals surface area contributed by atoms with E-state index in [0.717, 1.165) is 58.7 Å². The summed E-state index contributed by atoms with van der Waals surface area (Å²) in [7, 11) is -3.40. The van der Waals surface area contributed by atoms with Crippen LogP contribution in [0, 0.1) is 13.8 Å². The fourth-order valence-electron chi connectivity index (χ4n) is 8.77. The predicted octanol–water partition coefficient (Wildman–Crippen LogP) is 12.1. The minimum atomic E-state index is -1.78. The summed E-state index contributed by atoms with van der Waals surface area (Å²) < 4.78 is 27.5. The average molecular weight is 1190 g/mol. The lowest BCUT2D eigenvalue weighted by Crippen LogP contribution is -2.55. The summed E-state index contributed by atoms with van der Waals surface area (Å²) in [5.74, 6) is 0.899. The molecule has 8 rings (SSSR count). The molecule has 0 aliphatic carbocycles. The molecule has 2 saturated heterocycles. The second-order valence-electron chi connectivity index (χ2n) is 25.3. The highest BCUT2D eigenvalue weighted by molar-refractivity contribution is 6.74. The molecule has 2 aromatic carbocycles. The van der Waals surface area contributed by atoms with Crippen LogP contribution in [0.1, 0.15) is 104 Å². The number of hydrogen-bond acceptors (Lipinski definition) is 14. The lowest BCUT2D eigenvalue weighted by Gasteiger charge is -2.40. The Labute approximate surface area is 500 Å². The molecule has 4 aromatic heterocycles. The first-order valence-electron chi connectivity index (χ1n) is 29.2. The number of likely N-dealkylation sites (tertiary alicyclic amines) is 2. The number of hydrogen-bond donors (Lipinski definition) is 2. The van der Waals surface area contributed by atoms with E-state index in [4.69, 9.17) is 40.6 Å². The standard InChI is InChI=1S/C31H46N6O3Si.C20H24ClN3O2.C11H23N3OSi/c1-22(2)40-27-20-36(21-27)29(38)12-11-24-9-10-25(17-23(24)3)28-13-14-32-30(35-28)34-26-18-33-37(19-26)15-16-39-41(7,8)31(4,5)6;1-13(2)26-17-11-24(12-17)19(25)7-6-15-4-5-16(10-14(15)3)18-8-9-22-20(21)23-18;1-11(2,3)16(4,5)15-7-6-14-9-10(12)8-13-14/h9-10,13-14,17-19,22,27H,11-12,15-16,20-21H2,1-8H3,(H,32,34,35);4-5,8-10,13,17H,6-7,11-12H2,1-3H3;8-9H,6-7,12H2,1-5H3. The van der Waals surface area contributed by atoms with E-state index in [1.165, 1.54) is 11.1 Å². The third kappa shape index (κ3) is 20.1. The number of benzene rings is 2. The van der Waals surface area contributed by atoms with Crippen LogP contribution < -0.4 is 11.1 Å². The number of ether oxygens (including phenoxy) is 2. The maximum Gasteiger partial charge on any atom is 0.227 e. The van der Waals surface area contributed by atoms with Crippen LogP contribution in [-0.4, -0.2) is 142 Å². The van der Waals surface area contributed by atoms with Crippen molar-refractivity contribution in [3.05, 3.63) is 113 Å². The Morgan fingerprint density at radius 1 is 0.663 bits per heavy atom. The first-order chi connectivity index (χ1) is 38.9. The summed E-state index contributed by atoms with van der Waals surface area (Å²) in [5, 5.41) is 12.5. The molecule has 0 saturated carbocycles. The van der Waals surface area contributed by atoms with Crippen LogP contribution in [0.5, 0.6) is 0 Å². The number of nitrogens with two attached hydrogens (primary N) is 1. The number of aryl methyl sites for hydroxylation is 4. The first-order valence-corrected chi connectivity index (χ1v) is 35.4. The summed E-state index contributed by atoms with van der Waals surface area (Å²) in [5.41, 5.74) is 15.4. The van der Waals surface area contributed by atoms with E-state index in [9.17, 15) is 9.59 Å². The number of rotatable bonds is 22. The van der Waals surface area contributed by atoms with Crippen LogP contribution in [0.15, 0.2) is 85.7 Å². The maximum atomic E-state index is 12.6. The SMILES string of the molecule is CC(C)(C)[Si](C)(C)OCCn1cc(N)cn1.Cc1cc(-c2ccnc(Cl)n2)ccc1CCC(=O)N1CC(OC(C)C)C1.Cc1cc(-c2ccnc(Nc3cnn(CCO[Si](C)(C)C(C)(C)C)c3)n2)ccc1CCC(=O)N1CC(OC(C)C)C1. The lowest BCUT2D eigenvalue weighted by atomic mass is 9.99. The molecule has 0 atom stereocenters. The third-order valence-electron chi connectivity index (χ3n) is 15.8. The van der Waals surface area contributed by atoms with Gasteiger partial charge in [-0.25, -0.2) is 19.9 Å². The van der Waals surface area contributed by atoms with Crippen molar-refractivity contribution in [3.8, 4) is 22.5 Å². The van der Waals surface area contributed by atoms with Crippen molar-refractivity contribution in [3.63, 3.8) is 0 Å². The number of carbonyl (C=O) groups excluding carboxylic acids is 2. The number of nitrogen functional groups attached to an aromatic ring is 1. The number of amides is 2. The summed E-state index contributed by atoms with van der Waals surface area (Å²) in [6.45, 7) is 40.4. The maximum absolute atomic E-state index is 12.6. The molecule has 3 N–H and O–H groups in total. The Kier molecular flexibility index (Phi) is 23.4. The van der Waals surface area contributed by atoms with Crippen LogP contribution in [0.2, 0.25) is 41.5 Å². The van der Waals surface area contributed by atoms with Crippen molar-refractivity contribution in [1.29, 1.82) is 0 Å². The summed E-state index contributed by atoms with van der Waals surface area (Å²) >= 11 is 5.86. The second-order valence-corrected chi connectivity index (χ2v) is 35.3. The fourth-order valence-corrected chi connectivity index (χ4v) is 11.0. The molecule has 21 heteroatoms. The van der Waals surface area contributed by atoms with Gasteiger partial charge in [0.05, 0.1) is 85.9 Å². The number of carbonyl (C=O) groups is 2. The van der Waals surface area contributed by atoms with Gasteiger partial charge < -0.3 is 39.2 Å². The van der Waals surface area contributed by atoms with Gasteiger partial charge in [0.1, 0.15) is 0 Å². The van der Waals surface area contributed by atoms with Gasteiger partial charge in [0, 0.05) is 74.9 Å². The van der Waals surface area contributed by atoms with Crippen LogP contribution in [0.25, 0.3) is 22.5 Å². The van der Waals surface area contributed by atoms with E-state index in [0.29, 0.717) is 70.4 Å². The third-order valence-corrected chi connectivity index (χ3v) is 25.1. The Morgan fingerprint density at radius 3 is 1.53 bits per heavy atom. The first kappa shape index (κ1) is 66.3. The van der Waals surface area contributed by atoms with Crippen molar-refractivity contribution in [2.75, 3.05) is 50.4 Å². The monoisotopic (exact) mass is 1190 g/mol. The van der Waals surface area contributed by atoms with Crippen molar-refractivity contribution in [2.24, 2.45) is 0 Å². The Hall–Kier alpha value is -5.88. The molecule has 0 radical (unpaired) electrons. The number of halogens is 1. The van der Waals surface area contributed by atoms with Crippen molar-refractivity contribution >= 4 is 57.4 Å². The summed E-state index contributed by atoms with van der Waals surface area (Å²) in [4.78, 5) is 45.9. The van der Waals surface area contributed by atoms with Gasteiger partial charge in [-0.05, 0) is 149 Å². The van der Waals surface area contributed by atoms with Crippen LogP contribution in [-0.2, 0) is 53.8 Å². The molecule has 2 fully saturated rings. The molecule has 0 unspecified atom stereocenters. The molecule has 2 aliphatic rings. The molecule has 452 valence electrons. The molecule has 18 nitrogen and oxygen atoms in total. The largest absolute Gasteiger partial charge is 0.415 e. The molecule has 6 aromatic rings. The van der Waals surface area contributed by atoms with Crippen molar-refractivity contribution in [1.82, 2.24) is 49.3 Å². The van der Waals surface area contributed by atoms with E-state index in [1.807, 2.05) is 77.5 Å². The zero-order valence-corrected chi connectivity index (χ0v) is 55.0. The molecule has 0 bridgehead atoms. The quantitative estimate of drug-likeness (QED) is 0.0480. The molecule has 6 heterocycles. The lowest BCUT2D eigenvalue weighted by molar-refractivity contribution is -0.148. The Bertz CT molecular complexity index is 3050. The highest BCUT2D eigenvalue weighted by Gasteiger charge is 2.38. The zero-order valence-electron chi connectivity index (χ0n) is 52.3. The zero-order chi connectivity index (χ0) is 60.9. The van der Waals surface area contributed by atoms with E-state index in [1.54, 1.807) is 24.8 Å². The fraction of sp³-hybridized carbons (Fsp3) is 0.548. The van der Waals surface area contributed by atoms with Crippen LogP contribution in [0.4, 0.5) is 17.3 Å². The Morgan fingerprint density at radius 2 is 1.11 bits per heavy atom. The van der Waals surface area contributed by atoms with Gasteiger partial charge in [0.25, 0.3) is 0 Å². The highest BCUT2D eigenvalue weighted by Crippen LogP contribution is 2.37. The highest BCUT2D eigenvalue weighted by atomic mass is 35.5. The number of aromatic nitrogens is 8. The smallest absolute Gasteiger partial charge is 0.227 e. The van der Waals surface area contributed by atoms with Crippen molar-refractivity contribution < 1.29 is 27.9 Å². The van der Waals surface area contributed by atoms with Gasteiger partial charge in [-0.15, -0.1) is 0 Å². The van der Waals surface area contributed by atoms with E-state index in [2.05, 4.69) is 142 Å². The van der Waals surface area contributed by atoms with Gasteiger partial charge in [-0.1, -0.05) is 65.8 Å². The minimum absolute atomic E-state index is 0.176. The summed E-state index contributed by atoms with van der Waals surface area (Å²) in [6.07, 6.45) is 13.9. The summed E-state index contributed by atoms with van der Waals surface area (Å²) in [6, 6.07) is 16.2. The Balaban J connectivity index is 0.000000223. The normalized spacial score (nSPS) is 14.2. The van der Waals surface area contributed by atoms with Gasteiger partial charge >= 0.3 is 0 Å². The molecule has 2 amide bonds. The van der Waals surface area contributed by atoms with E-state index < -0.39 is 16.6 Å². The number of anilines is 3.